The minimum absolute atomic E-state index is 0.0383. The molecule has 1 heterocycles. The summed E-state index contributed by atoms with van der Waals surface area (Å²) in [5.41, 5.74) is 0.448. The number of hydrogen-bond donors (Lipinski definition) is 2. The predicted octanol–water partition coefficient (Wildman–Crippen LogP) is 1.04. The minimum atomic E-state index is -3.79. The Bertz CT molecular complexity index is 1110. The molecule has 0 atom stereocenters. The molecular weight excluding hydrogens is 496 g/mol. The number of nitrogens with two attached hydrogens (primary N) is 1. The van der Waals surface area contributed by atoms with Crippen molar-refractivity contribution in [3.8, 4) is 0 Å². The summed E-state index contributed by atoms with van der Waals surface area (Å²) in [5, 5.41) is 7.73. The molecule has 1 aliphatic rings. The van der Waals surface area contributed by atoms with Crippen LogP contribution in [0.25, 0.3) is 0 Å². The highest BCUT2D eigenvalue weighted by atomic mass is 79.9. The van der Waals surface area contributed by atoms with Gasteiger partial charge in [-0.25, -0.2) is 22.0 Å². The molecule has 0 unspecified atom stereocenters. The van der Waals surface area contributed by atoms with Gasteiger partial charge in [0.1, 0.15) is 0 Å². The van der Waals surface area contributed by atoms with Crippen molar-refractivity contribution in [3.63, 3.8) is 0 Å². The minimum Gasteiger partial charge on any atom is -0.325 e. The van der Waals surface area contributed by atoms with E-state index >= 15 is 0 Å². The largest absolute Gasteiger partial charge is 0.325 e. The van der Waals surface area contributed by atoms with E-state index in [-0.39, 0.29) is 35.3 Å². The normalized spacial score (nSPS) is 16.3. The molecule has 3 rings (SSSR count). The van der Waals surface area contributed by atoms with Crippen LogP contribution < -0.4 is 10.5 Å². The monoisotopic (exact) mass is 516 g/mol. The second-order valence-corrected chi connectivity index (χ2v) is 11.2. The van der Waals surface area contributed by atoms with Crippen LogP contribution in [0.2, 0.25) is 0 Å². The average molecular weight is 517 g/mol. The fraction of sp³-hybridized carbons (Fsp3) is 0.278. The lowest BCUT2D eigenvalue weighted by atomic mass is 10.3. The molecule has 3 N–H and O–H groups in total. The van der Waals surface area contributed by atoms with E-state index in [9.17, 15) is 21.6 Å². The standard InChI is InChI=1S/C18H21BrN4O5S2/c19-14-1-5-17(6-2-14)30(27,28)23-11-9-22(10-12-23)13-18(24)21-15-3-7-16(8-4-15)29(20,25)26/h1-8H,9-13H2,(H,21,24)(H2,20,25,26). The lowest BCUT2D eigenvalue weighted by molar-refractivity contribution is -0.117. The maximum Gasteiger partial charge on any atom is 0.243 e. The zero-order chi connectivity index (χ0) is 21.9. The Balaban J connectivity index is 1.53. The molecular formula is C18H21BrN4O5S2. The number of carbonyl (C=O) groups is 1. The van der Waals surface area contributed by atoms with Crippen LogP contribution in [0, 0.1) is 0 Å². The summed E-state index contributed by atoms with van der Waals surface area (Å²) in [7, 11) is -7.36. The first-order chi connectivity index (χ1) is 14.1. The second-order valence-electron chi connectivity index (χ2n) is 6.75. The summed E-state index contributed by atoms with van der Waals surface area (Å²) < 4.78 is 50.2. The molecule has 2 aromatic rings. The number of rotatable bonds is 6. The number of anilines is 1. The summed E-state index contributed by atoms with van der Waals surface area (Å²) in [6, 6.07) is 12.0. The number of piperazine rings is 1. The van der Waals surface area contributed by atoms with Gasteiger partial charge in [0.05, 0.1) is 16.3 Å². The third-order valence-electron chi connectivity index (χ3n) is 4.62. The molecule has 30 heavy (non-hydrogen) atoms. The van der Waals surface area contributed by atoms with Gasteiger partial charge < -0.3 is 5.32 Å². The molecule has 1 fully saturated rings. The predicted molar refractivity (Wildman–Crippen MR) is 116 cm³/mol. The zero-order valence-electron chi connectivity index (χ0n) is 15.9. The molecule has 9 nitrogen and oxygen atoms in total. The molecule has 162 valence electrons. The topological polar surface area (TPSA) is 130 Å². The molecule has 2 aromatic carbocycles. The van der Waals surface area contributed by atoms with Gasteiger partial charge >= 0.3 is 0 Å². The molecule has 0 radical (unpaired) electrons. The van der Waals surface area contributed by atoms with E-state index in [2.05, 4.69) is 21.2 Å². The van der Waals surface area contributed by atoms with Crippen molar-refractivity contribution in [2.24, 2.45) is 5.14 Å². The molecule has 0 saturated carbocycles. The number of carbonyl (C=O) groups excluding carboxylic acids is 1. The molecule has 1 saturated heterocycles. The van der Waals surface area contributed by atoms with Crippen LogP contribution in [-0.4, -0.2) is 64.7 Å². The fourth-order valence-corrected chi connectivity index (χ4v) is 5.22. The maximum absolute atomic E-state index is 12.7. The van der Waals surface area contributed by atoms with Gasteiger partial charge in [0.2, 0.25) is 26.0 Å². The van der Waals surface area contributed by atoms with Gasteiger partial charge in [-0.2, -0.15) is 4.31 Å². The first-order valence-electron chi connectivity index (χ1n) is 8.96. The smallest absolute Gasteiger partial charge is 0.243 e. The Hall–Kier alpha value is -1.83. The van der Waals surface area contributed by atoms with Crippen LogP contribution >= 0.6 is 15.9 Å². The Kier molecular flexibility index (Phi) is 6.95. The molecule has 12 heteroatoms. The van der Waals surface area contributed by atoms with E-state index in [1.165, 1.54) is 28.6 Å². The molecule has 1 aliphatic heterocycles. The van der Waals surface area contributed by atoms with Crippen molar-refractivity contribution < 1.29 is 21.6 Å². The maximum atomic E-state index is 12.7. The van der Waals surface area contributed by atoms with E-state index in [0.717, 1.165) is 4.47 Å². The van der Waals surface area contributed by atoms with Crippen LogP contribution in [0.15, 0.2) is 62.8 Å². The Morgan fingerprint density at radius 1 is 0.900 bits per heavy atom. The molecule has 0 bridgehead atoms. The van der Waals surface area contributed by atoms with Crippen molar-refractivity contribution in [2.45, 2.75) is 9.79 Å². The molecule has 0 spiro atoms. The summed E-state index contributed by atoms with van der Waals surface area (Å²) in [6.45, 7) is 1.52. The van der Waals surface area contributed by atoms with Crippen LogP contribution in [0.4, 0.5) is 5.69 Å². The number of primary sulfonamides is 1. The molecule has 0 aliphatic carbocycles. The molecule has 1 amide bonds. The van der Waals surface area contributed by atoms with Crippen molar-refractivity contribution in [3.05, 3.63) is 53.0 Å². The van der Waals surface area contributed by atoms with E-state index in [1.54, 1.807) is 24.3 Å². The first-order valence-corrected chi connectivity index (χ1v) is 12.7. The van der Waals surface area contributed by atoms with Crippen molar-refractivity contribution in [1.82, 2.24) is 9.21 Å². The number of nitrogens with zero attached hydrogens (tertiary/aromatic N) is 2. The van der Waals surface area contributed by atoms with E-state index < -0.39 is 20.0 Å². The average Bonchev–Trinajstić information content (AvgIpc) is 2.68. The van der Waals surface area contributed by atoms with Gasteiger partial charge in [0.15, 0.2) is 0 Å². The van der Waals surface area contributed by atoms with E-state index in [0.29, 0.717) is 18.8 Å². The lowest BCUT2D eigenvalue weighted by Gasteiger charge is -2.33. The van der Waals surface area contributed by atoms with Gasteiger partial charge in [-0.15, -0.1) is 0 Å². The highest BCUT2D eigenvalue weighted by molar-refractivity contribution is 9.10. The Morgan fingerprint density at radius 3 is 1.97 bits per heavy atom. The van der Waals surface area contributed by atoms with Crippen LogP contribution in [0.1, 0.15) is 0 Å². The van der Waals surface area contributed by atoms with Crippen LogP contribution in [0.3, 0.4) is 0 Å². The van der Waals surface area contributed by atoms with Crippen molar-refractivity contribution in [2.75, 3.05) is 38.0 Å². The third kappa shape index (κ3) is 5.65. The highest BCUT2D eigenvalue weighted by Crippen LogP contribution is 2.20. The zero-order valence-corrected chi connectivity index (χ0v) is 19.1. The first kappa shape index (κ1) is 22.8. The lowest BCUT2D eigenvalue weighted by Crippen LogP contribution is -2.50. The number of sulfonamides is 2. The van der Waals surface area contributed by atoms with Gasteiger partial charge in [-0.1, -0.05) is 15.9 Å². The van der Waals surface area contributed by atoms with Crippen molar-refractivity contribution in [1.29, 1.82) is 0 Å². The van der Waals surface area contributed by atoms with Crippen LogP contribution in [-0.2, 0) is 24.8 Å². The van der Waals surface area contributed by atoms with Crippen LogP contribution in [0.5, 0.6) is 0 Å². The summed E-state index contributed by atoms with van der Waals surface area (Å²) in [5.74, 6) is -0.275. The third-order valence-corrected chi connectivity index (χ3v) is 7.99. The fourth-order valence-electron chi connectivity index (χ4n) is 3.02. The number of hydrogen-bond acceptors (Lipinski definition) is 6. The number of halogens is 1. The van der Waals surface area contributed by atoms with Gasteiger partial charge in [-0.3, -0.25) is 9.69 Å². The number of nitrogens with one attached hydrogen (secondary N) is 1. The molecule has 0 aromatic heterocycles. The highest BCUT2D eigenvalue weighted by Gasteiger charge is 2.29. The second kappa shape index (κ2) is 9.12. The van der Waals surface area contributed by atoms with Crippen molar-refractivity contribution >= 4 is 47.6 Å². The van der Waals surface area contributed by atoms with Gasteiger partial charge in [0, 0.05) is 36.3 Å². The summed E-state index contributed by atoms with van der Waals surface area (Å²) in [4.78, 5) is 14.3. The number of amides is 1. The Labute approximate surface area is 184 Å². The SMILES string of the molecule is NS(=O)(=O)c1ccc(NC(=O)CN2CCN(S(=O)(=O)c3ccc(Br)cc3)CC2)cc1. The van der Waals surface area contributed by atoms with Gasteiger partial charge in [-0.05, 0) is 48.5 Å². The quantitative estimate of drug-likeness (QED) is 0.589. The van der Waals surface area contributed by atoms with Gasteiger partial charge in [0.25, 0.3) is 0 Å². The summed E-state index contributed by atoms with van der Waals surface area (Å²) >= 11 is 3.29. The summed E-state index contributed by atoms with van der Waals surface area (Å²) in [6.07, 6.45) is 0. The van der Waals surface area contributed by atoms with E-state index in [4.69, 9.17) is 5.14 Å². The number of benzene rings is 2. The Morgan fingerprint density at radius 2 is 1.43 bits per heavy atom. The van der Waals surface area contributed by atoms with E-state index in [1.807, 2.05) is 4.90 Å².